The van der Waals surface area contributed by atoms with Gasteiger partial charge in [-0.3, -0.25) is 0 Å². The molecule has 1 aromatic rings. The van der Waals surface area contributed by atoms with Crippen LogP contribution in [-0.2, 0) is 10.0 Å². The zero-order chi connectivity index (χ0) is 15.0. The van der Waals surface area contributed by atoms with Crippen LogP contribution in [0.25, 0.3) is 0 Å². The standard InChI is InChI=1S/C13H20BrNO3S2/c1-9-4-3-5-13(7-9,8-16)15-20(17,18)11-6-12(14)19-10(11)2/h6,9,15-16H,3-5,7-8H2,1-2H3. The molecule has 2 atom stereocenters. The minimum atomic E-state index is -3.59. The lowest BCUT2D eigenvalue weighted by molar-refractivity contribution is 0.120. The second-order valence-corrected chi connectivity index (χ2v) is 10.0. The Kier molecular flexibility index (Phi) is 4.96. The van der Waals surface area contributed by atoms with E-state index in [1.54, 1.807) is 13.0 Å². The van der Waals surface area contributed by atoms with Crippen molar-refractivity contribution in [3.63, 3.8) is 0 Å². The summed E-state index contributed by atoms with van der Waals surface area (Å²) in [6.07, 6.45) is 3.41. The van der Waals surface area contributed by atoms with Crippen LogP contribution in [-0.4, -0.2) is 25.7 Å². The number of rotatable bonds is 4. The number of aryl methyl sites for hydroxylation is 1. The van der Waals surface area contributed by atoms with E-state index in [1.807, 2.05) is 0 Å². The van der Waals surface area contributed by atoms with Crippen molar-refractivity contribution < 1.29 is 13.5 Å². The summed E-state index contributed by atoms with van der Waals surface area (Å²) >= 11 is 4.72. The topological polar surface area (TPSA) is 66.4 Å². The van der Waals surface area contributed by atoms with Crippen LogP contribution in [0.15, 0.2) is 14.7 Å². The van der Waals surface area contributed by atoms with Gasteiger partial charge in [0.2, 0.25) is 10.0 Å². The molecule has 0 aromatic carbocycles. The lowest BCUT2D eigenvalue weighted by atomic mass is 9.78. The maximum atomic E-state index is 12.6. The SMILES string of the molecule is Cc1sc(Br)cc1S(=O)(=O)NC1(CO)CCCC(C)C1. The zero-order valence-corrected chi connectivity index (χ0v) is 14.9. The number of aliphatic hydroxyl groups excluding tert-OH is 1. The van der Waals surface area contributed by atoms with E-state index in [2.05, 4.69) is 27.6 Å². The Bertz CT molecular complexity index is 584. The Morgan fingerprint density at radius 3 is 2.80 bits per heavy atom. The molecule has 4 nitrogen and oxygen atoms in total. The number of aliphatic hydroxyl groups is 1. The molecule has 1 aliphatic rings. The quantitative estimate of drug-likeness (QED) is 0.841. The average Bonchev–Trinajstić information content (AvgIpc) is 2.69. The first-order chi connectivity index (χ1) is 9.28. The Labute approximate surface area is 132 Å². The molecule has 114 valence electrons. The van der Waals surface area contributed by atoms with Gasteiger partial charge in [-0.1, -0.05) is 19.8 Å². The molecular formula is C13H20BrNO3S2. The third-order valence-corrected chi connectivity index (χ3v) is 7.26. The third kappa shape index (κ3) is 3.44. The molecule has 1 aliphatic carbocycles. The summed E-state index contributed by atoms with van der Waals surface area (Å²) in [4.78, 5) is 1.06. The lowest BCUT2D eigenvalue weighted by Crippen LogP contribution is -2.53. The van der Waals surface area contributed by atoms with Gasteiger partial charge in [0.25, 0.3) is 0 Å². The van der Waals surface area contributed by atoms with Gasteiger partial charge in [0.05, 0.1) is 20.8 Å². The van der Waals surface area contributed by atoms with Crippen LogP contribution < -0.4 is 4.72 Å². The van der Waals surface area contributed by atoms with Crippen molar-refractivity contribution in [3.05, 3.63) is 14.7 Å². The first-order valence-corrected chi connectivity index (χ1v) is 9.78. The van der Waals surface area contributed by atoms with Gasteiger partial charge in [0.15, 0.2) is 0 Å². The van der Waals surface area contributed by atoms with E-state index in [-0.39, 0.29) is 6.61 Å². The van der Waals surface area contributed by atoms with Gasteiger partial charge in [-0.25, -0.2) is 13.1 Å². The molecule has 2 N–H and O–H groups in total. The van der Waals surface area contributed by atoms with Crippen molar-refractivity contribution in [2.75, 3.05) is 6.61 Å². The van der Waals surface area contributed by atoms with E-state index in [4.69, 9.17) is 0 Å². The molecule has 1 heterocycles. The van der Waals surface area contributed by atoms with Crippen molar-refractivity contribution in [1.82, 2.24) is 4.72 Å². The van der Waals surface area contributed by atoms with Crippen molar-refractivity contribution in [2.24, 2.45) is 5.92 Å². The minimum Gasteiger partial charge on any atom is -0.394 e. The molecule has 20 heavy (non-hydrogen) atoms. The first-order valence-electron chi connectivity index (χ1n) is 6.69. The summed E-state index contributed by atoms with van der Waals surface area (Å²) in [5.41, 5.74) is -0.711. The molecule has 1 fully saturated rings. The molecular weight excluding hydrogens is 362 g/mol. The Morgan fingerprint density at radius 2 is 2.30 bits per heavy atom. The van der Waals surface area contributed by atoms with Crippen molar-refractivity contribution >= 4 is 37.3 Å². The minimum absolute atomic E-state index is 0.152. The van der Waals surface area contributed by atoms with Crippen LogP contribution >= 0.6 is 27.3 Å². The molecule has 0 radical (unpaired) electrons. The maximum absolute atomic E-state index is 12.6. The fraction of sp³-hybridized carbons (Fsp3) is 0.692. The van der Waals surface area contributed by atoms with Gasteiger partial charge >= 0.3 is 0 Å². The van der Waals surface area contributed by atoms with Gasteiger partial charge in [-0.05, 0) is 47.7 Å². The fourth-order valence-corrected chi connectivity index (χ4v) is 6.81. The summed E-state index contributed by atoms with van der Waals surface area (Å²) < 4.78 is 28.7. The number of nitrogens with one attached hydrogen (secondary N) is 1. The molecule has 2 unspecified atom stereocenters. The van der Waals surface area contributed by atoms with E-state index in [0.717, 1.165) is 21.5 Å². The average molecular weight is 382 g/mol. The normalized spacial score (nSPS) is 27.7. The number of hydrogen-bond donors (Lipinski definition) is 2. The Balaban J connectivity index is 2.28. The smallest absolute Gasteiger partial charge is 0.242 e. The molecule has 7 heteroatoms. The molecule has 0 spiro atoms. The number of sulfonamides is 1. The van der Waals surface area contributed by atoms with Crippen LogP contribution in [0.3, 0.4) is 0 Å². The summed E-state index contributed by atoms with van der Waals surface area (Å²) in [7, 11) is -3.59. The monoisotopic (exact) mass is 381 g/mol. The highest BCUT2D eigenvalue weighted by atomic mass is 79.9. The summed E-state index contributed by atoms with van der Waals surface area (Å²) in [5.74, 6) is 0.425. The lowest BCUT2D eigenvalue weighted by Gasteiger charge is -2.38. The van der Waals surface area contributed by atoms with Crippen LogP contribution in [0.1, 0.15) is 37.5 Å². The summed E-state index contributed by atoms with van der Waals surface area (Å²) in [6, 6.07) is 1.62. The van der Waals surface area contributed by atoms with Crippen LogP contribution in [0.2, 0.25) is 0 Å². The third-order valence-electron chi connectivity index (χ3n) is 3.88. The first kappa shape index (κ1) is 16.4. The maximum Gasteiger partial charge on any atom is 0.242 e. The van der Waals surface area contributed by atoms with E-state index < -0.39 is 15.6 Å². The van der Waals surface area contributed by atoms with Gasteiger partial charge in [-0.2, -0.15) is 0 Å². The highest BCUT2D eigenvalue weighted by Crippen LogP contribution is 2.35. The molecule has 1 saturated carbocycles. The molecule has 0 saturated heterocycles. The number of halogens is 1. The molecule has 0 bridgehead atoms. The van der Waals surface area contributed by atoms with Gasteiger partial charge < -0.3 is 5.11 Å². The van der Waals surface area contributed by atoms with E-state index in [9.17, 15) is 13.5 Å². The second kappa shape index (κ2) is 6.04. The highest BCUT2D eigenvalue weighted by Gasteiger charge is 2.38. The number of hydrogen-bond acceptors (Lipinski definition) is 4. The molecule has 1 aromatic heterocycles. The van der Waals surface area contributed by atoms with Crippen LogP contribution in [0.5, 0.6) is 0 Å². The van der Waals surface area contributed by atoms with Crippen LogP contribution in [0.4, 0.5) is 0 Å². The molecule has 2 rings (SSSR count). The van der Waals surface area contributed by atoms with Gasteiger partial charge in [-0.15, -0.1) is 11.3 Å². The predicted octanol–water partition coefficient (Wildman–Crippen LogP) is 3.04. The number of thiophene rings is 1. The largest absolute Gasteiger partial charge is 0.394 e. The zero-order valence-electron chi connectivity index (χ0n) is 11.6. The predicted molar refractivity (Wildman–Crippen MR) is 84.5 cm³/mol. The summed E-state index contributed by atoms with van der Waals surface area (Å²) in [6.45, 7) is 3.74. The van der Waals surface area contributed by atoms with E-state index in [1.165, 1.54) is 11.3 Å². The second-order valence-electron chi connectivity index (χ2n) is 5.72. The van der Waals surface area contributed by atoms with Gasteiger partial charge in [0, 0.05) is 4.88 Å². The molecule has 0 aliphatic heterocycles. The Hall–Kier alpha value is 0.0500. The molecule has 0 amide bonds. The van der Waals surface area contributed by atoms with Crippen molar-refractivity contribution in [1.29, 1.82) is 0 Å². The summed E-state index contributed by atoms with van der Waals surface area (Å²) in [5, 5.41) is 9.71. The van der Waals surface area contributed by atoms with Gasteiger partial charge in [0.1, 0.15) is 0 Å². The van der Waals surface area contributed by atoms with Crippen molar-refractivity contribution in [3.8, 4) is 0 Å². The van der Waals surface area contributed by atoms with Crippen LogP contribution in [0, 0.1) is 12.8 Å². The fourth-order valence-electron chi connectivity index (χ4n) is 2.97. The van der Waals surface area contributed by atoms with Crippen molar-refractivity contribution in [2.45, 2.75) is 50.0 Å². The van der Waals surface area contributed by atoms with E-state index >= 15 is 0 Å². The van der Waals surface area contributed by atoms with E-state index in [0.29, 0.717) is 23.7 Å². The highest BCUT2D eigenvalue weighted by molar-refractivity contribution is 9.11. The Morgan fingerprint density at radius 1 is 1.60 bits per heavy atom.